The molecule has 7 heteroatoms. The van der Waals surface area contributed by atoms with Crippen LogP contribution in [0.1, 0.15) is 26.5 Å². The highest BCUT2D eigenvalue weighted by molar-refractivity contribution is 7.08. The van der Waals surface area contributed by atoms with Crippen LogP contribution in [0.25, 0.3) is 11.3 Å². The van der Waals surface area contributed by atoms with Crippen molar-refractivity contribution in [2.24, 2.45) is 0 Å². The Bertz CT molecular complexity index is 708. The summed E-state index contributed by atoms with van der Waals surface area (Å²) in [5.41, 5.74) is 1.65. The molecule has 2 aromatic heterocycles. The molecule has 1 unspecified atom stereocenters. The summed E-state index contributed by atoms with van der Waals surface area (Å²) in [5.74, 6) is -1.14. The van der Waals surface area contributed by atoms with Crippen LogP contribution in [0, 0.1) is 0 Å². The highest BCUT2D eigenvalue weighted by Crippen LogP contribution is 2.20. The number of thiophene rings is 1. The molecule has 2 aromatic rings. The average Bonchev–Trinajstić information content (AvgIpc) is 2.99. The molecule has 24 heavy (non-hydrogen) atoms. The zero-order chi connectivity index (χ0) is 17.7. The molecule has 1 atom stereocenters. The minimum Gasteiger partial charge on any atom is -0.480 e. The Balaban J connectivity index is 2.09. The van der Waals surface area contributed by atoms with Crippen LogP contribution in [0.5, 0.6) is 0 Å². The predicted octanol–water partition coefficient (Wildman–Crippen LogP) is 3.33. The van der Waals surface area contributed by atoms with Gasteiger partial charge in [-0.2, -0.15) is 11.3 Å². The largest absolute Gasteiger partial charge is 0.480 e. The second-order valence-electron chi connectivity index (χ2n) is 6.27. The average molecular weight is 348 g/mol. The summed E-state index contributed by atoms with van der Waals surface area (Å²) in [5, 5.41) is 15.6. The number of carbonyl (C=O) groups excluding carboxylic acids is 1. The third kappa shape index (κ3) is 5.34. The van der Waals surface area contributed by atoms with E-state index in [1.807, 2.05) is 29.0 Å². The van der Waals surface area contributed by atoms with Crippen molar-refractivity contribution in [1.29, 1.82) is 0 Å². The minimum absolute atomic E-state index is 0.0759. The second-order valence-corrected chi connectivity index (χ2v) is 7.05. The van der Waals surface area contributed by atoms with Crippen molar-refractivity contribution in [3.63, 3.8) is 0 Å². The van der Waals surface area contributed by atoms with Crippen molar-refractivity contribution in [3.8, 4) is 11.3 Å². The molecule has 0 saturated carbocycles. The Morgan fingerprint density at radius 2 is 2.08 bits per heavy atom. The van der Waals surface area contributed by atoms with Gasteiger partial charge in [-0.1, -0.05) is 6.07 Å². The molecule has 0 aliphatic heterocycles. The second kappa shape index (κ2) is 7.44. The standard InChI is InChI=1S/C17H20N2O4S/c1-17(2,3)23-16(22)19-14(15(20)21)9-12-5-4-6-13(18-12)11-7-8-24-10-11/h4-8,10,14H,9H2,1-3H3,(H,19,22)(H,20,21). The van der Waals surface area contributed by atoms with E-state index < -0.39 is 23.7 Å². The van der Waals surface area contributed by atoms with Crippen molar-refractivity contribution in [3.05, 3.63) is 40.7 Å². The molecule has 0 aliphatic rings. The first-order chi connectivity index (χ1) is 11.2. The van der Waals surface area contributed by atoms with Gasteiger partial charge in [0.1, 0.15) is 11.6 Å². The number of pyridine rings is 1. The molecule has 0 bridgehead atoms. The van der Waals surface area contributed by atoms with Crippen LogP contribution in [-0.4, -0.2) is 33.8 Å². The van der Waals surface area contributed by atoms with E-state index in [2.05, 4.69) is 10.3 Å². The number of carboxylic acids is 1. The Labute approximate surface area is 144 Å². The molecule has 6 nitrogen and oxygen atoms in total. The molecule has 2 heterocycles. The molecule has 0 spiro atoms. The van der Waals surface area contributed by atoms with Gasteiger partial charge in [0.05, 0.1) is 5.69 Å². The van der Waals surface area contributed by atoms with E-state index in [1.54, 1.807) is 38.2 Å². The lowest BCUT2D eigenvalue weighted by atomic mass is 10.1. The SMILES string of the molecule is CC(C)(C)OC(=O)NC(Cc1cccc(-c2ccsc2)n1)C(=O)O. The molecule has 0 saturated heterocycles. The van der Waals surface area contributed by atoms with Gasteiger partial charge in [0.15, 0.2) is 0 Å². The van der Waals surface area contributed by atoms with Crippen LogP contribution in [0.2, 0.25) is 0 Å². The summed E-state index contributed by atoms with van der Waals surface area (Å²) < 4.78 is 5.11. The number of carboxylic acid groups (broad SMARTS) is 1. The van der Waals surface area contributed by atoms with E-state index in [4.69, 9.17) is 4.74 Å². The monoisotopic (exact) mass is 348 g/mol. The van der Waals surface area contributed by atoms with E-state index in [9.17, 15) is 14.7 Å². The lowest BCUT2D eigenvalue weighted by molar-refractivity contribution is -0.139. The number of carbonyl (C=O) groups is 2. The van der Waals surface area contributed by atoms with Gasteiger partial charge in [0.2, 0.25) is 0 Å². The zero-order valence-electron chi connectivity index (χ0n) is 13.8. The minimum atomic E-state index is -1.14. The quantitative estimate of drug-likeness (QED) is 0.865. The van der Waals surface area contributed by atoms with E-state index in [-0.39, 0.29) is 6.42 Å². The van der Waals surface area contributed by atoms with E-state index in [0.717, 1.165) is 11.3 Å². The Hall–Kier alpha value is -2.41. The molecule has 1 amide bonds. The number of aliphatic carboxylic acids is 1. The van der Waals surface area contributed by atoms with Gasteiger partial charge >= 0.3 is 12.1 Å². The fourth-order valence-corrected chi connectivity index (χ4v) is 2.67. The Kier molecular flexibility index (Phi) is 5.56. The van der Waals surface area contributed by atoms with Gasteiger partial charge in [0, 0.05) is 23.1 Å². The number of nitrogens with zero attached hydrogens (tertiary/aromatic N) is 1. The summed E-state index contributed by atoms with van der Waals surface area (Å²) in [6.45, 7) is 5.15. The smallest absolute Gasteiger partial charge is 0.408 e. The summed E-state index contributed by atoms with van der Waals surface area (Å²) in [4.78, 5) is 27.7. The van der Waals surface area contributed by atoms with Gasteiger partial charge in [-0.05, 0) is 44.4 Å². The van der Waals surface area contributed by atoms with Crippen molar-refractivity contribution in [2.75, 3.05) is 0 Å². The molecule has 128 valence electrons. The summed E-state index contributed by atoms with van der Waals surface area (Å²) in [6, 6.07) is 6.27. The first-order valence-corrected chi connectivity index (χ1v) is 8.40. The normalized spacial score (nSPS) is 12.5. The molecule has 0 fully saturated rings. The maximum absolute atomic E-state index is 11.8. The summed E-state index contributed by atoms with van der Waals surface area (Å²) >= 11 is 1.57. The number of amides is 1. The molecule has 0 aromatic carbocycles. The van der Waals surface area contributed by atoms with Crippen LogP contribution >= 0.6 is 11.3 Å². The number of aromatic nitrogens is 1. The van der Waals surface area contributed by atoms with E-state index in [1.165, 1.54) is 0 Å². The highest BCUT2D eigenvalue weighted by atomic mass is 32.1. The third-order valence-corrected chi connectivity index (χ3v) is 3.71. The summed E-state index contributed by atoms with van der Waals surface area (Å²) in [7, 11) is 0. The zero-order valence-corrected chi connectivity index (χ0v) is 14.6. The van der Waals surface area contributed by atoms with Crippen LogP contribution in [0.3, 0.4) is 0 Å². The third-order valence-electron chi connectivity index (χ3n) is 3.03. The van der Waals surface area contributed by atoms with Gasteiger partial charge in [0.25, 0.3) is 0 Å². The fraction of sp³-hybridized carbons (Fsp3) is 0.353. The van der Waals surface area contributed by atoms with Gasteiger partial charge < -0.3 is 15.2 Å². The molecule has 2 rings (SSSR count). The molecular formula is C17H20N2O4S. The van der Waals surface area contributed by atoms with Crippen molar-refractivity contribution in [2.45, 2.75) is 38.8 Å². The van der Waals surface area contributed by atoms with Crippen molar-refractivity contribution in [1.82, 2.24) is 10.3 Å². The number of hydrogen-bond donors (Lipinski definition) is 2. The number of rotatable bonds is 5. The van der Waals surface area contributed by atoms with Crippen LogP contribution in [-0.2, 0) is 16.0 Å². The molecule has 0 aliphatic carbocycles. The lowest BCUT2D eigenvalue weighted by Gasteiger charge is -2.22. The maximum Gasteiger partial charge on any atom is 0.408 e. The number of hydrogen-bond acceptors (Lipinski definition) is 5. The van der Waals surface area contributed by atoms with Crippen LogP contribution in [0.4, 0.5) is 4.79 Å². The number of nitrogens with one attached hydrogen (secondary N) is 1. The molecule has 2 N–H and O–H groups in total. The van der Waals surface area contributed by atoms with Gasteiger partial charge in [-0.25, -0.2) is 9.59 Å². The van der Waals surface area contributed by atoms with Crippen molar-refractivity contribution >= 4 is 23.4 Å². The van der Waals surface area contributed by atoms with Crippen molar-refractivity contribution < 1.29 is 19.4 Å². The van der Waals surface area contributed by atoms with E-state index in [0.29, 0.717) is 5.69 Å². The Morgan fingerprint density at radius 1 is 1.33 bits per heavy atom. The summed E-state index contributed by atoms with van der Waals surface area (Å²) in [6.07, 6.45) is -0.684. The fourth-order valence-electron chi connectivity index (χ4n) is 2.02. The Morgan fingerprint density at radius 3 is 2.67 bits per heavy atom. The van der Waals surface area contributed by atoms with E-state index >= 15 is 0 Å². The predicted molar refractivity (Wildman–Crippen MR) is 92.0 cm³/mol. The number of ether oxygens (including phenoxy) is 1. The van der Waals surface area contributed by atoms with Gasteiger partial charge in [-0.3, -0.25) is 4.98 Å². The molecule has 0 radical (unpaired) electrons. The van der Waals surface area contributed by atoms with Gasteiger partial charge in [-0.15, -0.1) is 0 Å². The van der Waals surface area contributed by atoms with Crippen LogP contribution < -0.4 is 5.32 Å². The topological polar surface area (TPSA) is 88.5 Å². The lowest BCUT2D eigenvalue weighted by Crippen LogP contribution is -2.44. The van der Waals surface area contributed by atoms with Crippen LogP contribution in [0.15, 0.2) is 35.0 Å². The maximum atomic E-state index is 11.8. The number of alkyl carbamates (subject to hydrolysis) is 1. The first-order valence-electron chi connectivity index (χ1n) is 7.45. The molecular weight excluding hydrogens is 328 g/mol. The first kappa shape index (κ1) is 17.9. The highest BCUT2D eigenvalue weighted by Gasteiger charge is 2.24.